The van der Waals surface area contributed by atoms with Crippen LogP contribution < -0.4 is 26.0 Å². The van der Waals surface area contributed by atoms with Gasteiger partial charge in [0.1, 0.15) is 5.75 Å². The van der Waals surface area contributed by atoms with Crippen LogP contribution in [-0.2, 0) is 5.41 Å². The smallest absolute Gasteiger partial charge is 0.319 e. The molecule has 4 N–H and O–H groups in total. The Hall–Kier alpha value is -3.67. The maximum Gasteiger partial charge on any atom is 0.319 e. The van der Waals surface area contributed by atoms with Gasteiger partial charge in [0.05, 0.1) is 7.11 Å². The highest BCUT2D eigenvalue weighted by molar-refractivity contribution is 5.92. The molecule has 0 atom stereocenters. The van der Waals surface area contributed by atoms with E-state index in [0.717, 1.165) is 54.2 Å². The van der Waals surface area contributed by atoms with E-state index in [2.05, 4.69) is 86.6 Å². The Morgan fingerprint density at radius 1 is 0.974 bits per heavy atom. The number of urea groups is 1. The zero-order chi connectivity index (χ0) is 28.2. The summed E-state index contributed by atoms with van der Waals surface area (Å²) in [5.74, 6) is 1.30. The van der Waals surface area contributed by atoms with Gasteiger partial charge in [0.2, 0.25) is 0 Å². The fourth-order valence-corrected chi connectivity index (χ4v) is 5.79. The van der Waals surface area contributed by atoms with Crippen molar-refractivity contribution in [2.24, 2.45) is 0 Å². The summed E-state index contributed by atoms with van der Waals surface area (Å²) in [4.78, 5) is 15.9. The van der Waals surface area contributed by atoms with E-state index in [1.54, 1.807) is 7.11 Å². The van der Waals surface area contributed by atoms with E-state index in [9.17, 15) is 4.79 Å². The molecule has 3 aromatic carbocycles. The van der Waals surface area contributed by atoms with Crippen LogP contribution in [0.15, 0.2) is 60.7 Å². The van der Waals surface area contributed by atoms with Crippen molar-refractivity contribution in [2.45, 2.75) is 64.7 Å². The number of ether oxygens (including phenoxy) is 1. The van der Waals surface area contributed by atoms with Gasteiger partial charge in [-0.25, -0.2) is 4.79 Å². The summed E-state index contributed by atoms with van der Waals surface area (Å²) in [5, 5.41) is 6.45. The minimum Gasteiger partial charge on any atom is -0.497 e. The maximum atomic E-state index is 13.4. The standard InChI is InChI=1S/C33H44N4O2/c1-22(2)28-19-26(34)20-29(23(3)4)31(28)36-32(38)35-21-33(25-11-9-12-27(18-25)39-6)14-16-37(17-15-33)30-13-8-7-10-24(30)5/h7-13,18-20,22-23H,14-17,21,34H2,1-6H3,(H2,35,36,38). The molecule has 6 heteroatoms. The Bertz CT molecular complexity index is 1260. The number of amides is 2. The Kier molecular flexibility index (Phi) is 8.73. The molecule has 1 heterocycles. The van der Waals surface area contributed by atoms with Gasteiger partial charge in [-0.2, -0.15) is 0 Å². The van der Waals surface area contributed by atoms with E-state index in [0.29, 0.717) is 6.54 Å². The second-order valence-electron chi connectivity index (χ2n) is 11.5. The quantitative estimate of drug-likeness (QED) is 0.270. The second-order valence-corrected chi connectivity index (χ2v) is 11.5. The van der Waals surface area contributed by atoms with Gasteiger partial charge in [-0.1, -0.05) is 58.0 Å². The molecular weight excluding hydrogens is 484 g/mol. The van der Waals surface area contributed by atoms with E-state index in [1.807, 2.05) is 24.3 Å². The number of nitrogen functional groups attached to an aromatic ring is 1. The average molecular weight is 529 g/mol. The number of carbonyl (C=O) groups excluding carboxylic acids is 1. The minimum absolute atomic E-state index is 0.188. The molecular formula is C33H44N4O2. The van der Waals surface area contributed by atoms with E-state index in [-0.39, 0.29) is 23.3 Å². The Labute approximate surface area is 233 Å². The normalized spacial score (nSPS) is 14.9. The highest BCUT2D eigenvalue weighted by Gasteiger charge is 2.37. The molecule has 4 rings (SSSR count). The number of methoxy groups -OCH3 is 1. The van der Waals surface area contributed by atoms with Crippen molar-refractivity contribution in [3.63, 3.8) is 0 Å². The van der Waals surface area contributed by atoms with Crippen molar-refractivity contribution in [3.8, 4) is 5.75 Å². The first-order valence-corrected chi connectivity index (χ1v) is 14.1. The number of hydrogen-bond donors (Lipinski definition) is 3. The molecule has 0 spiro atoms. The zero-order valence-electron chi connectivity index (χ0n) is 24.3. The van der Waals surface area contributed by atoms with Gasteiger partial charge in [0.15, 0.2) is 0 Å². The van der Waals surface area contributed by atoms with Crippen molar-refractivity contribution in [2.75, 3.05) is 42.7 Å². The summed E-state index contributed by atoms with van der Waals surface area (Å²) in [6.07, 6.45) is 1.84. The lowest BCUT2D eigenvalue weighted by atomic mass is 9.72. The molecule has 0 unspecified atom stereocenters. The molecule has 0 aliphatic carbocycles. The number of para-hydroxylation sites is 1. The summed E-state index contributed by atoms with van der Waals surface area (Å²) in [6.45, 7) is 13.0. The van der Waals surface area contributed by atoms with Crippen molar-refractivity contribution in [3.05, 3.63) is 82.9 Å². The molecule has 1 aliphatic rings. The Morgan fingerprint density at radius 3 is 2.21 bits per heavy atom. The number of hydrogen-bond acceptors (Lipinski definition) is 4. The molecule has 0 radical (unpaired) electrons. The molecule has 6 nitrogen and oxygen atoms in total. The van der Waals surface area contributed by atoms with Crippen LogP contribution in [0.1, 0.15) is 74.6 Å². The van der Waals surface area contributed by atoms with Crippen LogP contribution in [0.4, 0.5) is 21.9 Å². The van der Waals surface area contributed by atoms with Crippen LogP contribution in [0.2, 0.25) is 0 Å². The van der Waals surface area contributed by atoms with Crippen LogP contribution in [0.5, 0.6) is 5.75 Å². The number of nitrogens with one attached hydrogen (secondary N) is 2. The number of nitrogens with two attached hydrogens (primary N) is 1. The second kappa shape index (κ2) is 12.0. The summed E-state index contributed by atoms with van der Waals surface area (Å²) in [5.41, 5.74) is 13.5. The Morgan fingerprint density at radius 2 is 1.62 bits per heavy atom. The van der Waals surface area contributed by atoms with Crippen LogP contribution in [0.3, 0.4) is 0 Å². The number of carbonyl (C=O) groups is 1. The van der Waals surface area contributed by atoms with Gasteiger partial charge in [-0.15, -0.1) is 0 Å². The molecule has 0 saturated carbocycles. The van der Waals surface area contributed by atoms with Crippen LogP contribution in [0.25, 0.3) is 0 Å². The third-order valence-corrected chi connectivity index (χ3v) is 8.15. The van der Waals surface area contributed by atoms with Crippen molar-refractivity contribution in [1.29, 1.82) is 0 Å². The van der Waals surface area contributed by atoms with Gasteiger partial charge in [0, 0.05) is 42.1 Å². The third kappa shape index (κ3) is 6.32. The number of aryl methyl sites for hydroxylation is 1. The summed E-state index contributed by atoms with van der Waals surface area (Å²) < 4.78 is 5.56. The van der Waals surface area contributed by atoms with Gasteiger partial charge in [-0.05, 0) is 84.2 Å². The number of rotatable bonds is 8. The fourth-order valence-electron chi connectivity index (χ4n) is 5.79. The van der Waals surface area contributed by atoms with E-state index in [1.165, 1.54) is 16.8 Å². The molecule has 0 bridgehead atoms. The zero-order valence-corrected chi connectivity index (χ0v) is 24.3. The van der Waals surface area contributed by atoms with Gasteiger partial charge in [0.25, 0.3) is 0 Å². The number of benzene rings is 3. The van der Waals surface area contributed by atoms with Crippen molar-refractivity contribution >= 4 is 23.1 Å². The highest BCUT2D eigenvalue weighted by atomic mass is 16.5. The van der Waals surface area contributed by atoms with Gasteiger partial charge < -0.3 is 26.0 Å². The molecule has 1 saturated heterocycles. The maximum absolute atomic E-state index is 13.4. The molecule has 1 aliphatic heterocycles. The first kappa shape index (κ1) is 28.3. The fraction of sp³-hybridized carbons (Fsp3) is 0.424. The molecule has 208 valence electrons. The third-order valence-electron chi connectivity index (χ3n) is 8.15. The lowest BCUT2D eigenvalue weighted by Gasteiger charge is -2.43. The molecule has 2 amide bonds. The van der Waals surface area contributed by atoms with Crippen molar-refractivity contribution in [1.82, 2.24) is 5.32 Å². The summed E-state index contributed by atoms with van der Waals surface area (Å²) >= 11 is 0. The number of piperidine rings is 1. The predicted molar refractivity (Wildman–Crippen MR) is 163 cm³/mol. The molecule has 0 aromatic heterocycles. The molecule has 39 heavy (non-hydrogen) atoms. The molecule has 1 fully saturated rings. The van der Waals surface area contributed by atoms with E-state index >= 15 is 0 Å². The number of anilines is 3. The predicted octanol–water partition coefficient (Wildman–Crippen LogP) is 7.19. The van der Waals surface area contributed by atoms with E-state index in [4.69, 9.17) is 10.5 Å². The van der Waals surface area contributed by atoms with Gasteiger partial charge in [-0.3, -0.25) is 0 Å². The van der Waals surface area contributed by atoms with Gasteiger partial charge >= 0.3 is 6.03 Å². The monoisotopic (exact) mass is 528 g/mol. The lowest BCUT2D eigenvalue weighted by Crippen LogP contribution is -2.50. The number of nitrogens with zero attached hydrogens (tertiary/aromatic N) is 1. The summed E-state index contributed by atoms with van der Waals surface area (Å²) in [7, 11) is 1.70. The first-order chi connectivity index (χ1) is 18.6. The highest BCUT2D eigenvalue weighted by Crippen LogP contribution is 2.39. The first-order valence-electron chi connectivity index (χ1n) is 14.1. The molecule has 3 aromatic rings. The average Bonchev–Trinajstić information content (AvgIpc) is 2.93. The topological polar surface area (TPSA) is 79.6 Å². The minimum atomic E-state index is -0.200. The summed E-state index contributed by atoms with van der Waals surface area (Å²) in [6, 6.07) is 20.6. The van der Waals surface area contributed by atoms with E-state index < -0.39 is 0 Å². The van der Waals surface area contributed by atoms with Crippen LogP contribution in [-0.4, -0.2) is 32.8 Å². The lowest BCUT2D eigenvalue weighted by molar-refractivity contribution is 0.244. The van der Waals surface area contributed by atoms with Crippen LogP contribution in [0, 0.1) is 6.92 Å². The van der Waals surface area contributed by atoms with Crippen molar-refractivity contribution < 1.29 is 9.53 Å². The SMILES string of the molecule is COc1cccc(C2(CNC(=O)Nc3c(C(C)C)cc(N)cc3C(C)C)CCN(c3ccccc3C)CC2)c1. The largest absolute Gasteiger partial charge is 0.497 e. The van der Waals surface area contributed by atoms with Crippen LogP contribution >= 0.6 is 0 Å². The Balaban J connectivity index is 1.57.